The van der Waals surface area contributed by atoms with Crippen LogP contribution in [-0.4, -0.2) is 42.2 Å². The van der Waals surface area contributed by atoms with E-state index in [1.807, 2.05) is 37.1 Å². The molecule has 1 heterocycles. The quantitative estimate of drug-likeness (QED) is 0.891. The standard InChI is InChI=1S/C16H24N2O2/c1-12-7-8-14(15(10-12)17-2)16(20)18-9-5-3-4-6-13(18)11-19/h7-8,10,13,17,19H,3-6,9,11H2,1-2H3. The highest BCUT2D eigenvalue weighted by molar-refractivity contribution is 6.00. The Morgan fingerprint density at radius 2 is 2.20 bits per heavy atom. The first-order chi connectivity index (χ1) is 9.67. The molecule has 1 aliphatic rings. The molecule has 1 aromatic rings. The highest BCUT2D eigenvalue weighted by Crippen LogP contribution is 2.23. The van der Waals surface area contributed by atoms with Gasteiger partial charge in [0.15, 0.2) is 0 Å². The Morgan fingerprint density at radius 3 is 2.90 bits per heavy atom. The Bertz CT molecular complexity index is 474. The van der Waals surface area contributed by atoms with E-state index in [0.717, 1.165) is 43.5 Å². The van der Waals surface area contributed by atoms with Gasteiger partial charge in [-0.2, -0.15) is 0 Å². The fourth-order valence-corrected chi connectivity index (χ4v) is 2.84. The third-order valence-electron chi connectivity index (χ3n) is 4.02. The third-order valence-corrected chi connectivity index (χ3v) is 4.02. The van der Waals surface area contributed by atoms with Crippen LogP contribution >= 0.6 is 0 Å². The number of amides is 1. The van der Waals surface area contributed by atoms with E-state index in [0.29, 0.717) is 5.56 Å². The minimum atomic E-state index is -0.0454. The fraction of sp³-hybridized carbons (Fsp3) is 0.562. The van der Waals surface area contributed by atoms with Crippen LogP contribution in [0.2, 0.25) is 0 Å². The summed E-state index contributed by atoms with van der Waals surface area (Å²) in [6.45, 7) is 2.80. The number of nitrogens with zero attached hydrogens (tertiary/aromatic N) is 1. The lowest BCUT2D eigenvalue weighted by Crippen LogP contribution is -2.42. The van der Waals surface area contributed by atoms with Gasteiger partial charge in [-0.1, -0.05) is 18.9 Å². The molecule has 1 aromatic carbocycles. The van der Waals surface area contributed by atoms with Crippen molar-refractivity contribution in [2.75, 3.05) is 25.5 Å². The summed E-state index contributed by atoms with van der Waals surface area (Å²) in [5, 5.41) is 12.6. The smallest absolute Gasteiger partial charge is 0.256 e. The van der Waals surface area contributed by atoms with E-state index in [1.54, 1.807) is 0 Å². The zero-order chi connectivity index (χ0) is 14.5. The van der Waals surface area contributed by atoms with Crippen molar-refractivity contribution in [2.45, 2.75) is 38.6 Å². The second kappa shape index (κ2) is 6.75. The van der Waals surface area contributed by atoms with Gasteiger partial charge in [-0.05, 0) is 37.5 Å². The first-order valence-electron chi connectivity index (χ1n) is 7.37. The molecule has 1 atom stereocenters. The molecule has 4 heteroatoms. The second-order valence-electron chi connectivity index (χ2n) is 5.48. The van der Waals surface area contributed by atoms with Crippen molar-refractivity contribution in [3.8, 4) is 0 Å². The Labute approximate surface area is 120 Å². The molecule has 0 bridgehead atoms. The maximum absolute atomic E-state index is 12.8. The molecule has 4 nitrogen and oxygen atoms in total. The summed E-state index contributed by atoms with van der Waals surface area (Å²) in [5.74, 6) is 0.0234. The van der Waals surface area contributed by atoms with E-state index in [1.165, 1.54) is 0 Å². The number of hydrogen-bond donors (Lipinski definition) is 2. The van der Waals surface area contributed by atoms with Gasteiger partial charge >= 0.3 is 0 Å². The summed E-state index contributed by atoms with van der Waals surface area (Å²) >= 11 is 0. The average Bonchev–Trinajstić information content (AvgIpc) is 2.71. The van der Waals surface area contributed by atoms with Crippen LogP contribution < -0.4 is 5.32 Å². The van der Waals surface area contributed by atoms with Crippen molar-refractivity contribution in [1.29, 1.82) is 0 Å². The number of rotatable bonds is 3. The van der Waals surface area contributed by atoms with E-state index in [9.17, 15) is 9.90 Å². The van der Waals surface area contributed by atoms with Crippen LogP contribution in [0, 0.1) is 6.92 Å². The maximum Gasteiger partial charge on any atom is 0.256 e. The molecule has 1 aliphatic heterocycles. The first-order valence-corrected chi connectivity index (χ1v) is 7.37. The topological polar surface area (TPSA) is 52.6 Å². The third kappa shape index (κ3) is 3.12. The second-order valence-corrected chi connectivity index (χ2v) is 5.48. The Balaban J connectivity index is 2.28. The molecule has 0 aromatic heterocycles. The molecule has 1 saturated heterocycles. The summed E-state index contributed by atoms with van der Waals surface area (Å²) in [5.41, 5.74) is 2.68. The monoisotopic (exact) mass is 276 g/mol. The molecule has 1 unspecified atom stereocenters. The Kier molecular flexibility index (Phi) is 5.01. The van der Waals surface area contributed by atoms with Gasteiger partial charge in [0.1, 0.15) is 0 Å². The van der Waals surface area contributed by atoms with Gasteiger partial charge < -0.3 is 15.3 Å². The van der Waals surface area contributed by atoms with Gasteiger partial charge in [0.2, 0.25) is 0 Å². The number of likely N-dealkylation sites (tertiary alicyclic amines) is 1. The molecular weight excluding hydrogens is 252 g/mol. The molecule has 2 rings (SSSR count). The predicted octanol–water partition coefficient (Wildman–Crippen LogP) is 2.41. The van der Waals surface area contributed by atoms with Crippen LogP contribution in [0.25, 0.3) is 0 Å². The van der Waals surface area contributed by atoms with Gasteiger partial charge in [0, 0.05) is 19.3 Å². The molecule has 0 saturated carbocycles. The Hall–Kier alpha value is -1.55. The molecule has 0 radical (unpaired) electrons. The Morgan fingerprint density at radius 1 is 1.40 bits per heavy atom. The van der Waals surface area contributed by atoms with Crippen molar-refractivity contribution in [2.24, 2.45) is 0 Å². The summed E-state index contributed by atoms with van der Waals surface area (Å²) in [6, 6.07) is 5.78. The minimum absolute atomic E-state index is 0.0234. The zero-order valence-corrected chi connectivity index (χ0v) is 12.4. The number of carbonyl (C=O) groups excluding carboxylic acids is 1. The van der Waals surface area contributed by atoms with Crippen LogP contribution in [-0.2, 0) is 0 Å². The highest BCUT2D eigenvalue weighted by atomic mass is 16.3. The van der Waals surface area contributed by atoms with Crippen LogP contribution in [0.1, 0.15) is 41.6 Å². The number of aliphatic hydroxyl groups excluding tert-OH is 1. The molecular formula is C16H24N2O2. The number of benzene rings is 1. The van der Waals surface area contributed by atoms with Gasteiger partial charge in [-0.25, -0.2) is 0 Å². The lowest BCUT2D eigenvalue weighted by molar-refractivity contribution is 0.0601. The van der Waals surface area contributed by atoms with Crippen molar-refractivity contribution >= 4 is 11.6 Å². The van der Waals surface area contributed by atoms with E-state index < -0.39 is 0 Å². The van der Waals surface area contributed by atoms with Gasteiger partial charge in [0.25, 0.3) is 5.91 Å². The van der Waals surface area contributed by atoms with Crippen LogP contribution in [0.15, 0.2) is 18.2 Å². The summed E-state index contributed by atoms with van der Waals surface area (Å²) < 4.78 is 0. The number of carbonyl (C=O) groups is 1. The highest BCUT2D eigenvalue weighted by Gasteiger charge is 2.26. The summed E-state index contributed by atoms with van der Waals surface area (Å²) in [7, 11) is 1.83. The molecule has 1 amide bonds. The normalized spacial score (nSPS) is 19.6. The van der Waals surface area contributed by atoms with Crippen molar-refractivity contribution in [1.82, 2.24) is 4.90 Å². The summed E-state index contributed by atoms with van der Waals surface area (Å²) in [6.07, 6.45) is 4.13. The molecule has 0 spiro atoms. The minimum Gasteiger partial charge on any atom is -0.394 e. The van der Waals surface area contributed by atoms with Gasteiger partial charge in [-0.3, -0.25) is 4.79 Å². The SMILES string of the molecule is CNc1cc(C)ccc1C(=O)N1CCCCCC1CO. The van der Waals surface area contributed by atoms with Crippen LogP contribution in [0.5, 0.6) is 0 Å². The fourth-order valence-electron chi connectivity index (χ4n) is 2.84. The number of anilines is 1. The number of nitrogens with one attached hydrogen (secondary N) is 1. The number of aryl methyl sites for hydroxylation is 1. The maximum atomic E-state index is 12.8. The van der Waals surface area contributed by atoms with Crippen LogP contribution in [0.4, 0.5) is 5.69 Å². The molecule has 1 fully saturated rings. The van der Waals surface area contributed by atoms with Gasteiger partial charge in [-0.15, -0.1) is 0 Å². The lowest BCUT2D eigenvalue weighted by atomic mass is 10.1. The van der Waals surface area contributed by atoms with Crippen molar-refractivity contribution in [3.63, 3.8) is 0 Å². The number of aliphatic hydroxyl groups is 1. The largest absolute Gasteiger partial charge is 0.394 e. The van der Waals surface area contributed by atoms with Gasteiger partial charge in [0.05, 0.1) is 18.2 Å². The van der Waals surface area contributed by atoms with E-state index in [2.05, 4.69) is 5.32 Å². The molecule has 110 valence electrons. The van der Waals surface area contributed by atoms with Crippen molar-refractivity contribution in [3.05, 3.63) is 29.3 Å². The zero-order valence-electron chi connectivity index (χ0n) is 12.4. The summed E-state index contributed by atoms with van der Waals surface area (Å²) in [4.78, 5) is 14.6. The van der Waals surface area contributed by atoms with E-state index in [-0.39, 0.29) is 18.6 Å². The van der Waals surface area contributed by atoms with E-state index >= 15 is 0 Å². The first kappa shape index (κ1) is 14.9. The van der Waals surface area contributed by atoms with E-state index in [4.69, 9.17) is 0 Å². The van der Waals surface area contributed by atoms with Crippen molar-refractivity contribution < 1.29 is 9.90 Å². The molecule has 0 aliphatic carbocycles. The average molecular weight is 276 g/mol. The molecule has 20 heavy (non-hydrogen) atoms. The van der Waals surface area contributed by atoms with Crippen LogP contribution in [0.3, 0.4) is 0 Å². The molecule has 2 N–H and O–H groups in total. The lowest BCUT2D eigenvalue weighted by Gasteiger charge is -2.29. The predicted molar refractivity (Wildman–Crippen MR) is 81.1 cm³/mol. The number of hydrogen-bond acceptors (Lipinski definition) is 3.